The number of aromatic nitrogens is 3. The van der Waals surface area contributed by atoms with Gasteiger partial charge in [0.1, 0.15) is 0 Å². The molecule has 0 aliphatic carbocycles. The van der Waals surface area contributed by atoms with E-state index < -0.39 is 0 Å². The number of pyridine rings is 1. The van der Waals surface area contributed by atoms with Crippen LogP contribution in [0.1, 0.15) is 12.5 Å². The summed E-state index contributed by atoms with van der Waals surface area (Å²) in [5, 5.41) is 8.04. The van der Waals surface area contributed by atoms with Gasteiger partial charge in [-0.2, -0.15) is 5.10 Å². The number of anilines is 1. The van der Waals surface area contributed by atoms with Gasteiger partial charge in [0.25, 0.3) is 0 Å². The molecule has 2 aromatic heterocycles. The van der Waals surface area contributed by atoms with Crippen LogP contribution in [0.4, 0.5) is 5.69 Å². The molecule has 0 saturated heterocycles. The molecule has 1 N–H and O–H groups in total. The highest BCUT2D eigenvalue weighted by atomic mass is 32.2. The van der Waals surface area contributed by atoms with Gasteiger partial charge in [-0.15, -0.1) is 11.8 Å². The molecule has 5 nitrogen and oxygen atoms in total. The molecule has 0 atom stereocenters. The number of amides is 1. The van der Waals surface area contributed by atoms with Crippen molar-refractivity contribution in [3.8, 4) is 5.69 Å². The highest BCUT2D eigenvalue weighted by molar-refractivity contribution is 7.99. The molecule has 3 aromatic rings. The van der Waals surface area contributed by atoms with Gasteiger partial charge in [0.15, 0.2) is 0 Å². The predicted molar refractivity (Wildman–Crippen MR) is 102 cm³/mol. The molecule has 0 aliphatic heterocycles. The lowest BCUT2D eigenvalue weighted by Crippen LogP contribution is -2.07. The van der Waals surface area contributed by atoms with Crippen molar-refractivity contribution in [3.05, 3.63) is 72.7 Å². The average molecular weight is 350 g/mol. The van der Waals surface area contributed by atoms with Gasteiger partial charge in [-0.3, -0.25) is 4.79 Å². The van der Waals surface area contributed by atoms with Crippen molar-refractivity contribution in [2.45, 2.75) is 11.9 Å². The van der Waals surface area contributed by atoms with E-state index in [4.69, 9.17) is 0 Å². The molecule has 0 fully saturated rings. The lowest BCUT2D eigenvalue weighted by atomic mass is 10.3. The van der Waals surface area contributed by atoms with E-state index in [1.165, 1.54) is 6.08 Å². The number of carbonyl (C=O) groups excluding carboxylic acids is 1. The highest BCUT2D eigenvalue weighted by Crippen LogP contribution is 2.16. The fourth-order valence-corrected chi connectivity index (χ4v) is 2.78. The molecule has 1 aromatic carbocycles. The fourth-order valence-electron chi connectivity index (χ4n) is 2.19. The van der Waals surface area contributed by atoms with Crippen LogP contribution in [0.5, 0.6) is 0 Å². The predicted octanol–water partition coefficient (Wildman–Crippen LogP) is 4.03. The normalized spacial score (nSPS) is 10.9. The first-order chi connectivity index (χ1) is 12.2. The Kier molecular flexibility index (Phi) is 5.64. The van der Waals surface area contributed by atoms with Gasteiger partial charge in [0.05, 0.1) is 28.8 Å². The van der Waals surface area contributed by atoms with Crippen molar-refractivity contribution >= 4 is 29.4 Å². The summed E-state index contributed by atoms with van der Waals surface area (Å²) in [5.41, 5.74) is 2.50. The van der Waals surface area contributed by atoms with E-state index in [9.17, 15) is 4.79 Å². The van der Waals surface area contributed by atoms with Crippen LogP contribution in [0.25, 0.3) is 11.8 Å². The second-order valence-electron chi connectivity index (χ2n) is 5.19. The second-order valence-corrected chi connectivity index (χ2v) is 6.48. The third-order valence-electron chi connectivity index (χ3n) is 3.35. The third-order valence-corrected chi connectivity index (χ3v) is 4.17. The zero-order valence-corrected chi connectivity index (χ0v) is 14.6. The maximum atomic E-state index is 12.0. The molecular formula is C19H18N4OS. The summed E-state index contributed by atoms with van der Waals surface area (Å²) < 4.78 is 1.77. The zero-order chi connectivity index (χ0) is 17.5. The van der Waals surface area contributed by atoms with E-state index in [0.29, 0.717) is 5.69 Å². The number of benzene rings is 1. The first kappa shape index (κ1) is 17.0. The number of hydrogen-bond donors (Lipinski definition) is 1. The minimum atomic E-state index is -0.204. The molecular weight excluding hydrogens is 332 g/mol. The number of para-hydroxylation sites is 1. The number of hydrogen-bond acceptors (Lipinski definition) is 4. The van der Waals surface area contributed by atoms with E-state index in [1.807, 2.05) is 48.7 Å². The van der Waals surface area contributed by atoms with Crippen molar-refractivity contribution in [3.63, 3.8) is 0 Å². The van der Waals surface area contributed by atoms with Gasteiger partial charge in [-0.25, -0.2) is 9.67 Å². The molecule has 0 radical (unpaired) electrons. The Hall–Kier alpha value is -2.86. The minimum Gasteiger partial charge on any atom is -0.321 e. The van der Waals surface area contributed by atoms with E-state index in [0.717, 1.165) is 22.0 Å². The molecule has 126 valence electrons. The molecule has 3 rings (SSSR count). The van der Waals surface area contributed by atoms with Gasteiger partial charge in [-0.05, 0) is 36.1 Å². The standard InChI is InChI=1S/C19H18N4OS/c1-2-25-19-11-9-16(13-20-19)22-18(24)10-8-15-12-21-23(14-15)17-6-4-3-5-7-17/h3-14H,2H2,1H3,(H,22,24)/b10-8+. The lowest BCUT2D eigenvalue weighted by molar-refractivity contribution is -0.111. The molecule has 0 aliphatic rings. The Bertz CT molecular complexity index is 857. The number of carbonyl (C=O) groups is 1. The van der Waals surface area contributed by atoms with Gasteiger partial charge >= 0.3 is 0 Å². The van der Waals surface area contributed by atoms with Gasteiger partial charge in [-0.1, -0.05) is 25.1 Å². The number of rotatable bonds is 6. The molecule has 25 heavy (non-hydrogen) atoms. The molecule has 6 heteroatoms. The van der Waals surface area contributed by atoms with Crippen LogP contribution in [0.2, 0.25) is 0 Å². The van der Waals surface area contributed by atoms with Crippen LogP contribution in [0.3, 0.4) is 0 Å². The number of thioether (sulfide) groups is 1. The quantitative estimate of drug-likeness (QED) is 0.538. The number of nitrogens with one attached hydrogen (secondary N) is 1. The first-order valence-corrected chi connectivity index (χ1v) is 8.91. The van der Waals surface area contributed by atoms with E-state index >= 15 is 0 Å². The molecule has 0 spiro atoms. The summed E-state index contributed by atoms with van der Waals surface area (Å²) >= 11 is 1.66. The third kappa shape index (κ3) is 4.81. The van der Waals surface area contributed by atoms with Crippen molar-refractivity contribution in [2.75, 3.05) is 11.1 Å². The zero-order valence-electron chi connectivity index (χ0n) is 13.8. The van der Waals surface area contributed by atoms with Crippen molar-refractivity contribution in [1.29, 1.82) is 0 Å². The van der Waals surface area contributed by atoms with Crippen molar-refractivity contribution in [2.24, 2.45) is 0 Å². The minimum absolute atomic E-state index is 0.204. The maximum absolute atomic E-state index is 12.0. The topological polar surface area (TPSA) is 59.8 Å². The summed E-state index contributed by atoms with van der Waals surface area (Å²) in [7, 11) is 0. The molecule has 0 saturated carbocycles. The Labute approximate surface area is 150 Å². The second kappa shape index (κ2) is 8.30. The van der Waals surface area contributed by atoms with E-state index in [1.54, 1.807) is 34.9 Å². The van der Waals surface area contributed by atoms with Gasteiger partial charge in [0, 0.05) is 17.8 Å². The summed E-state index contributed by atoms with van der Waals surface area (Å²) in [6, 6.07) is 13.6. The van der Waals surface area contributed by atoms with Gasteiger partial charge < -0.3 is 5.32 Å². The molecule has 0 bridgehead atoms. The van der Waals surface area contributed by atoms with Crippen LogP contribution in [0, 0.1) is 0 Å². The largest absolute Gasteiger partial charge is 0.321 e. The van der Waals surface area contributed by atoms with Crippen LogP contribution in [-0.4, -0.2) is 26.4 Å². The molecule has 2 heterocycles. The molecule has 0 unspecified atom stereocenters. The van der Waals surface area contributed by atoms with Crippen LogP contribution >= 0.6 is 11.8 Å². The van der Waals surface area contributed by atoms with Crippen LogP contribution in [-0.2, 0) is 4.79 Å². The Morgan fingerprint density at radius 3 is 2.76 bits per heavy atom. The Balaban J connectivity index is 1.60. The Morgan fingerprint density at radius 2 is 2.04 bits per heavy atom. The summed E-state index contributed by atoms with van der Waals surface area (Å²) in [6.07, 6.45) is 8.47. The maximum Gasteiger partial charge on any atom is 0.248 e. The highest BCUT2D eigenvalue weighted by Gasteiger charge is 2.01. The van der Waals surface area contributed by atoms with Crippen molar-refractivity contribution < 1.29 is 4.79 Å². The van der Waals surface area contributed by atoms with Gasteiger partial charge in [0.2, 0.25) is 5.91 Å². The van der Waals surface area contributed by atoms with E-state index in [2.05, 4.69) is 22.3 Å². The lowest BCUT2D eigenvalue weighted by Gasteiger charge is -2.02. The van der Waals surface area contributed by atoms with E-state index in [-0.39, 0.29) is 5.91 Å². The monoisotopic (exact) mass is 350 g/mol. The fraction of sp³-hybridized carbons (Fsp3) is 0.105. The smallest absolute Gasteiger partial charge is 0.248 e. The summed E-state index contributed by atoms with van der Waals surface area (Å²) in [6.45, 7) is 2.08. The Morgan fingerprint density at radius 1 is 1.20 bits per heavy atom. The average Bonchev–Trinajstić information content (AvgIpc) is 3.12. The van der Waals surface area contributed by atoms with Crippen LogP contribution in [0.15, 0.2) is 72.2 Å². The number of nitrogens with zero attached hydrogens (tertiary/aromatic N) is 3. The van der Waals surface area contributed by atoms with Crippen LogP contribution < -0.4 is 5.32 Å². The SMILES string of the molecule is CCSc1ccc(NC(=O)/C=C/c2cnn(-c3ccccc3)c2)cn1. The van der Waals surface area contributed by atoms with Crippen molar-refractivity contribution in [1.82, 2.24) is 14.8 Å². The molecule has 1 amide bonds. The first-order valence-electron chi connectivity index (χ1n) is 7.92. The summed E-state index contributed by atoms with van der Waals surface area (Å²) in [4.78, 5) is 16.3. The summed E-state index contributed by atoms with van der Waals surface area (Å²) in [5.74, 6) is 0.767.